The first-order valence-electron chi connectivity index (χ1n) is 8.25. The number of anilines is 1. The first kappa shape index (κ1) is 15.5. The van der Waals surface area contributed by atoms with Crippen molar-refractivity contribution in [2.24, 2.45) is 0 Å². The van der Waals surface area contributed by atoms with E-state index in [1.807, 2.05) is 18.3 Å². The predicted molar refractivity (Wildman–Crippen MR) is 99.8 cm³/mol. The molecule has 0 N–H and O–H groups in total. The van der Waals surface area contributed by atoms with Crippen LogP contribution in [0.5, 0.6) is 0 Å². The highest BCUT2D eigenvalue weighted by atomic mass is 32.1. The highest BCUT2D eigenvalue weighted by Crippen LogP contribution is 2.36. The third-order valence-electron chi connectivity index (χ3n) is 4.73. The van der Waals surface area contributed by atoms with Gasteiger partial charge < -0.3 is 9.80 Å². The number of fused-ring (bicyclic) bond motifs is 1. The number of nitrogens with zero attached hydrogens (tertiary/aromatic N) is 5. The lowest BCUT2D eigenvalue weighted by Crippen LogP contribution is -2.45. The summed E-state index contributed by atoms with van der Waals surface area (Å²) >= 11 is 1.76. The van der Waals surface area contributed by atoms with E-state index < -0.39 is 0 Å². The molecule has 5 nitrogen and oxygen atoms in total. The molecule has 0 amide bonds. The van der Waals surface area contributed by atoms with Crippen LogP contribution in [0.25, 0.3) is 21.6 Å². The molecule has 0 atom stereocenters. The highest BCUT2D eigenvalue weighted by Gasteiger charge is 2.22. The third kappa shape index (κ3) is 2.65. The lowest BCUT2D eigenvalue weighted by molar-refractivity contribution is 0.312. The number of likely N-dealkylation sites (N-methyl/N-ethyl adjacent to an activating group) is 1. The minimum absolute atomic E-state index is 0.769. The molecular weight excluding hydrogens is 318 g/mol. The Bertz CT molecular complexity index is 866. The molecule has 24 heavy (non-hydrogen) atoms. The Morgan fingerprint density at radius 2 is 1.88 bits per heavy atom. The molecular formula is C18H21N5S. The molecule has 0 aliphatic carbocycles. The average molecular weight is 339 g/mol. The predicted octanol–water partition coefficient (Wildman–Crippen LogP) is 3.12. The van der Waals surface area contributed by atoms with Gasteiger partial charge in [-0.15, -0.1) is 11.3 Å². The first-order valence-corrected chi connectivity index (χ1v) is 9.07. The summed E-state index contributed by atoms with van der Waals surface area (Å²) in [5.41, 5.74) is 2.28. The summed E-state index contributed by atoms with van der Waals surface area (Å²) in [4.78, 5) is 21.2. The summed E-state index contributed by atoms with van der Waals surface area (Å²) in [6, 6.07) is 3.96. The van der Waals surface area contributed by atoms with Gasteiger partial charge in [0.25, 0.3) is 0 Å². The van der Waals surface area contributed by atoms with Crippen LogP contribution in [0.2, 0.25) is 0 Å². The molecule has 0 saturated carbocycles. The van der Waals surface area contributed by atoms with Gasteiger partial charge in [-0.25, -0.2) is 9.97 Å². The van der Waals surface area contributed by atoms with Gasteiger partial charge in [-0.05, 0) is 38.6 Å². The molecule has 4 heterocycles. The van der Waals surface area contributed by atoms with Gasteiger partial charge in [0, 0.05) is 49.0 Å². The van der Waals surface area contributed by atoms with E-state index >= 15 is 0 Å². The smallest absolute Gasteiger partial charge is 0.164 e. The third-order valence-corrected chi connectivity index (χ3v) is 5.83. The molecule has 0 aromatic carbocycles. The van der Waals surface area contributed by atoms with Crippen molar-refractivity contribution in [1.82, 2.24) is 19.9 Å². The average Bonchev–Trinajstić information content (AvgIpc) is 2.90. The van der Waals surface area contributed by atoms with E-state index in [1.54, 1.807) is 17.5 Å². The number of pyridine rings is 1. The monoisotopic (exact) mass is 339 g/mol. The molecule has 0 bridgehead atoms. The van der Waals surface area contributed by atoms with Gasteiger partial charge in [-0.2, -0.15) is 0 Å². The molecule has 1 aliphatic heterocycles. The van der Waals surface area contributed by atoms with Gasteiger partial charge in [-0.1, -0.05) is 0 Å². The number of hydrogen-bond donors (Lipinski definition) is 0. The van der Waals surface area contributed by atoms with Gasteiger partial charge in [0.15, 0.2) is 5.82 Å². The van der Waals surface area contributed by atoms with E-state index in [-0.39, 0.29) is 0 Å². The van der Waals surface area contributed by atoms with E-state index in [1.165, 1.54) is 15.8 Å². The quantitative estimate of drug-likeness (QED) is 0.718. The van der Waals surface area contributed by atoms with Crippen molar-refractivity contribution in [2.75, 3.05) is 38.1 Å². The summed E-state index contributed by atoms with van der Waals surface area (Å²) < 4.78 is 0. The molecule has 0 spiro atoms. The van der Waals surface area contributed by atoms with Gasteiger partial charge in [0.1, 0.15) is 10.6 Å². The Balaban J connectivity index is 1.89. The van der Waals surface area contributed by atoms with Crippen LogP contribution >= 0.6 is 11.3 Å². The molecule has 124 valence electrons. The first-order chi connectivity index (χ1) is 11.6. The zero-order valence-electron chi connectivity index (χ0n) is 14.3. The minimum Gasteiger partial charge on any atom is -0.353 e. The zero-order chi connectivity index (χ0) is 16.7. The SMILES string of the molecule is Cc1sc2nc(-c3cccnc3)nc(N3CCN(C)CC3)c2c1C. The summed E-state index contributed by atoms with van der Waals surface area (Å²) in [6.07, 6.45) is 3.62. The zero-order valence-corrected chi connectivity index (χ0v) is 15.1. The maximum Gasteiger partial charge on any atom is 0.164 e. The highest BCUT2D eigenvalue weighted by molar-refractivity contribution is 7.18. The Kier molecular flexibility index (Phi) is 3.94. The topological polar surface area (TPSA) is 45.2 Å². The fourth-order valence-electron chi connectivity index (χ4n) is 3.10. The van der Waals surface area contributed by atoms with Gasteiger partial charge in [0.05, 0.1) is 5.39 Å². The van der Waals surface area contributed by atoms with Gasteiger partial charge in [0.2, 0.25) is 0 Å². The van der Waals surface area contributed by atoms with Crippen molar-refractivity contribution in [2.45, 2.75) is 13.8 Å². The number of hydrogen-bond acceptors (Lipinski definition) is 6. The molecule has 6 heteroatoms. The van der Waals surface area contributed by atoms with E-state index in [0.29, 0.717) is 0 Å². The van der Waals surface area contributed by atoms with Crippen molar-refractivity contribution in [3.05, 3.63) is 35.0 Å². The van der Waals surface area contributed by atoms with E-state index in [9.17, 15) is 0 Å². The van der Waals surface area contributed by atoms with Gasteiger partial charge >= 0.3 is 0 Å². The molecule has 0 unspecified atom stereocenters. The van der Waals surface area contributed by atoms with Crippen LogP contribution < -0.4 is 4.90 Å². The van der Waals surface area contributed by atoms with Crippen molar-refractivity contribution >= 4 is 27.4 Å². The van der Waals surface area contributed by atoms with E-state index in [2.05, 4.69) is 35.7 Å². The van der Waals surface area contributed by atoms with Crippen LogP contribution in [0, 0.1) is 13.8 Å². The molecule has 4 rings (SSSR count). The fraction of sp³-hybridized carbons (Fsp3) is 0.389. The minimum atomic E-state index is 0.769. The normalized spacial score (nSPS) is 16.0. The summed E-state index contributed by atoms with van der Waals surface area (Å²) in [6.45, 7) is 8.48. The molecule has 3 aromatic heterocycles. The van der Waals surface area contributed by atoms with Crippen LogP contribution in [0.15, 0.2) is 24.5 Å². The Labute approximate surface area is 146 Å². The number of aryl methyl sites for hydroxylation is 2. The van der Waals surface area contributed by atoms with Crippen molar-refractivity contribution in [1.29, 1.82) is 0 Å². The standard InChI is InChI=1S/C18H21N5S/c1-12-13(2)24-18-15(12)17(23-9-7-22(3)8-10-23)20-16(21-18)14-5-4-6-19-11-14/h4-6,11H,7-10H2,1-3H3. The van der Waals surface area contributed by atoms with Gasteiger partial charge in [-0.3, -0.25) is 4.98 Å². The van der Waals surface area contributed by atoms with E-state index in [0.717, 1.165) is 48.2 Å². The molecule has 1 aliphatic rings. The second-order valence-corrected chi connectivity index (χ2v) is 7.57. The lowest BCUT2D eigenvalue weighted by Gasteiger charge is -2.33. The number of rotatable bonds is 2. The van der Waals surface area contributed by atoms with Crippen LogP contribution in [-0.4, -0.2) is 53.1 Å². The van der Waals surface area contributed by atoms with Crippen LogP contribution in [0.3, 0.4) is 0 Å². The molecule has 1 fully saturated rings. The summed E-state index contributed by atoms with van der Waals surface area (Å²) in [7, 11) is 2.17. The van der Waals surface area contributed by atoms with Crippen LogP contribution in [-0.2, 0) is 0 Å². The maximum absolute atomic E-state index is 4.96. The Morgan fingerprint density at radius 3 is 2.58 bits per heavy atom. The Morgan fingerprint density at radius 1 is 1.08 bits per heavy atom. The van der Waals surface area contributed by atoms with Crippen molar-refractivity contribution in [3.8, 4) is 11.4 Å². The summed E-state index contributed by atoms with van der Waals surface area (Å²) in [5, 5.41) is 1.22. The number of aromatic nitrogens is 3. The Hall–Kier alpha value is -2.05. The van der Waals surface area contributed by atoms with Crippen LogP contribution in [0.4, 0.5) is 5.82 Å². The molecule has 0 radical (unpaired) electrons. The largest absolute Gasteiger partial charge is 0.353 e. The van der Waals surface area contributed by atoms with Crippen LogP contribution in [0.1, 0.15) is 10.4 Å². The number of piperazine rings is 1. The van der Waals surface area contributed by atoms with E-state index in [4.69, 9.17) is 9.97 Å². The number of thiophene rings is 1. The molecule has 3 aromatic rings. The maximum atomic E-state index is 4.96. The van der Waals surface area contributed by atoms with Crippen molar-refractivity contribution < 1.29 is 0 Å². The summed E-state index contributed by atoms with van der Waals surface area (Å²) in [5.74, 6) is 1.85. The fourth-order valence-corrected chi connectivity index (χ4v) is 4.12. The lowest BCUT2D eigenvalue weighted by atomic mass is 10.2. The second kappa shape index (κ2) is 6.11. The van der Waals surface area contributed by atoms with Crippen molar-refractivity contribution in [3.63, 3.8) is 0 Å². The molecule has 1 saturated heterocycles. The second-order valence-electron chi connectivity index (χ2n) is 6.37.